The summed E-state index contributed by atoms with van der Waals surface area (Å²) < 4.78 is 15.1. The topological polar surface area (TPSA) is 87.5 Å². The lowest BCUT2D eigenvalue weighted by Crippen LogP contribution is -2.26. The Labute approximate surface area is 124 Å². The molecular formula is C14H13FN4O3. The molecule has 1 aliphatic heterocycles. The largest absolute Gasteiger partial charge is 0.336 e. The minimum atomic E-state index is -0.598. The number of rotatable bonds is 2. The summed E-state index contributed by atoms with van der Waals surface area (Å²) in [6.45, 7) is 0.225. The number of fused-ring (bicyclic) bond motifs is 3. The van der Waals surface area contributed by atoms with Gasteiger partial charge in [0.15, 0.2) is 0 Å². The fraction of sp³-hybridized carbons (Fsp3) is 0.214. The Balaban J connectivity index is 2.15. The lowest BCUT2D eigenvalue weighted by Gasteiger charge is -2.14. The van der Waals surface area contributed by atoms with E-state index in [1.165, 1.54) is 29.4 Å². The van der Waals surface area contributed by atoms with Crippen LogP contribution in [-0.4, -0.2) is 38.5 Å². The average molecular weight is 304 g/mol. The van der Waals surface area contributed by atoms with Crippen LogP contribution in [-0.2, 0) is 17.8 Å². The number of hydrogen-bond donors (Lipinski definition) is 2. The number of benzene rings is 1. The van der Waals surface area contributed by atoms with Crippen LogP contribution in [0, 0.1) is 5.82 Å². The van der Waals surface area contributed by atoms with Crippen LogP contribution >= 0.6 is 0 Å². The van der Waals surface area contributed by atoms with Crippen molar-refractivity contribution in [2.24, 2.45) is 0 Å². The van der Waals surface area contributed by atoms with E-state index < -0.39 is 11.7 Å². The van der Waals surface area contributed by atoms with Gasteiger partial charge in [0.25, 0.3) is 5.91 Å². The van der Waals surface area contributed by atoms with E-state index in [0.29, 0.717) is 17.1 Å². The third kappa shape index (κ3) is 2.23. The number of hydrogen-bond acceptors (Lipinski definition) is 4. The smallest absolute Gasteiger partial charge is 0.256 e. The first-order valence-electron chi connectivity index (χ1n) is 6.54. The maximum Gasteiger partial charge on any atom is 0.256 e. The predicted molar refractivity (Wildman–Crippen MR) is 73.0 cm³/mol. The Morgan fingerprint density at radius 1 is 1.50 bits per heavy atom. The fourth-order valence-electron chi connectivity index (χ4n) is 2.52. The molecule has 7 nitrogen and oxygen atoms in total. The highest BCUT2D eigenvalue weighted by Gasteiger charge is 2.27. The second-order valence-corrected chi connectivity index (χ2v) is 5.04. The number of carbonyl (C=O) groups excluding carboxylic acids is 2. The molecule has 0 bridgehead atoms. The van der Waals surface area contributed by atoms with Gasteiger partial charge in [0.05, 0.1) is 41.9 Å². The van der Waals surface area contributed by atoms with Crippen LogP contribution in [0.15, 0.2) is 24.5 Å². The van der Waals surface area contributed by atoms with Crippen molar-refractivity contribution in [2.75, 3.05) is 7.05 Å². The molecule has 114 valence electrons. The second kappa shape index (κ2) is 5.23. The van der Waals surface area contributed by atoms with Gasteiger partial charge in [-0.25, -0.2) is 14.9 Å². The number of nitrogens with zero attached hydrogens (tertiary/aromatic N) is 3. The summed E-state index contributed by atoms with van der Waals surface area (Å²) in [5.41, 5.74) is 3.39. The Hall–Kier alpha value is -2.74. The van der Waals surface area contributed by atoms with E-state index in [1.54, 1.807) is 17.1 Å². The van der Waals surface area contributed by atoms with Gasteiger partial charge in [0.1, 0.15) is 5.82 Å². The third-order valence-electron chi connectivity index (χ3n) is 3.59. The van der Waals surface area contributed by atoms with Crippen LogP contribution in [0.3, 0.4) is 0 Å². The first-order chi connectivity index (χ1) is 10.5. The van der Waals surface area contributed by atoms with Gasteiger partial charge in [-0.3, -0.25) is 14.8 Å². The molecule has 0 fully saturated rings. The maximum atomic E-state index is 13.5. The molecule has 3 rings (SSSR count). The lowest BCUT2D eigenvalue weighted by molar-refractivity contribution is -0.128. The molecular weight excluding hydrogens is 291 g/mol. The number of imidazole rings is 1. The van der Waals surface area contributed by atoms with E-state index in [9.17, 15) is 14.0 Å². The van der Waals surface area contributed by atoms with Gasteiger partial charge < -0.3 is 9.47 Å². The number of hydroxylamine groups is 1. The molecule has 2 amide bonds. The number of amides is 2. The number of carbonyl (C=O) groups is 2. The van der Waals surface area contributed by atoms with Gasteiger partial charge in [-0.2, -0.15) is 0 Å². The Morgan fingerprint density at radius 3 is 3.00 bits per heavy atom. The van der Waals surface area contributed by atoms with Crippen molar-refractivity contribution >= 4 is 11.8 Å². The zero-order valence-electron chi connectivity index (χ0n) is 11.7. The zero-order chi connectivity index (χ0) is 15.9. The standard InChI is InChI=1S/C14H13FN4O3/c1-18-6-12-10(5-13(20)17-22)16-7-19(12)11-3-2-8(15)4-9(11)14(18)21/h2-4,7,22H,5-6H2,1H3,(H,17,20). The van der Waals surface area contributed by atoms with Crippen molar-refractivity contribution in [1.82, 2.24) is 19.9 Å². The van der Waals surface area contributed by atoms with Crippen LogP contribution in [0.1, 0.15) is 21.7 Å². The summed E-state index contributed by atoms with van der Waals surface area (Å²) in [4.78, 5) is 29.3. The number of halogens is 1. The quantitative estimate of drug-likeness (QED) is 0.630. The highest BCUT2D eigenvalue weighted by Crippen LogP contribution is 2.26. The van der Waals surface area contributed by atoms with Crippen molar-refractivity contribution in [3.63, 3.8) is 0 Å². The molecule has 2 aromatic rings. The molecule has 1 aromatic heterocycles. The van der Waals surface area contributed by atoms with E-state index in [0.717, 1.165) is 0 Å². The van der Waals surface area contributed by atoms with Crippen LogP contribution in [0.25, 0.3) is 5.69 Å². The fourth-order valence-corrected chi connectivity index (χ4v) is 2.52. The Morgan fingerprint density at radius 2 is 2.27 bits per heavy atom. The molecule has 0 saturated carbocycles. The van der Waals surface area contributed by atoms with Crippen LogP contribution in [0.2, 0.25) is 0 Å². The first kappa shape index (κ1) is 14.2. The zero-order valence-corrected chi connectivity index (χ0v) is 11.7. The van der Waals surface area contributed by atoms with Gasteiger partial charge in [-0.05, 0) is 18.2 Å². The summed E-state index contributed by atoms with van der Waals surface area (Å²) in [7, 11) is 1.59. The summed E-state index contributed by atoms with van der Waals surface area (Å²) in [5.74, 6) is -1.40. The third-order valence-corrected chi connectivity index (χ3v) is 3.59. The normalized spacial score (nSPS) is 13.4. The van der Waals surface area contributed by atoms with Gasteiger partial charge in [0.2, 0.25) is 5.91 Å². The van der Waals surface area contributed by atoms with Crippen molar-refractivity contribution in [3.8, 4) is 5.69 Å². The molecule has 1 aliphatic rings. The van der Waals surface area contributed by atoms with E-state index >= 15 is 0 Å². The summed E-state index contributed by atoms with van der Waals surface area (Å²) in [5, 5.41) is 8.64. The minimum Gasteiger partial charge on any atom is -0.336 e. The van der Waals surface area contributed by atoms with Crippen LogP contribution in [0.5, 0.6) is 0 Å². The average Bonchev–Trinajstić information content (AvgIpc) is 2.84. The van der Waals surface area contributed by atoms with E-state index in [2.05, 4.69) is 4.98 Å². The van der Waals surface area contributed by atoms with E-state index in [-0.39, 0.29) is 24.4 Å². The minimum absolute atomic E-state index is 0.114. The molecule has 22 heavy (non-hydrogen) atoms. The molecule has 2 heterocycles. The Bertz CT molecular complexity index is 771. The number of nitrogens with one attached hydrogen (secondary N) is 1. The van der Waals surface area contributed by atoms with Crippen molar-refractivity contribution < 1.29 is 19.2 Å². The Kier molecular flexibility index (Phi) is 3.38. The molecule has 8 heteroatoms. The molecule has 0 aliphatic carbocycles. The molecule has 2 N–H and O–H groups in total. The van der Waals surface area contributed by atoms with Crippen LogP contribution in [0.4, 0.5) is 4.39 Å². The predicted octanol–water partition coefficient (Wildman–Crippen LogP) is 0.645. The van der Waals surface area contributed by atoms with Gasteiger partial charge in [-0.1, -0.05) is 0 Å². The highest BCUT2D eigenvalue weighted by atomic mass is 19.1. The van der Waals surface area contributed by atoms with E-state index in [4.69, 9.17) is 5.21 Å². The van der Waals surface area contributed by atoms with Gasteiger partial charge in [-0.15, -0.1) is 0 Å². The maximum absolute atomic E-state index is 13.5. The van der Waals surface area contributed by atoms with E-state index in [1.807, 2.05) is 0 Å². The molecule has 0 unspecified atom stereocenters. The molecule has 0 radical (unpaired) electrons. The molecule has 0 spiro atoms. The van der Waals surface area contributed by atoms with Crippen molar-refractivity contribution in [1.29, 1.82) is 0 Å². The van der Waals surface area contributed by atoms with Gasteiger partial charge >= 0.3 is 0 Å². The molecule has 1 aromatic carbocycles. The molecule has 0 atom stereocenters. The van der Waals surface area contributed by atoms with Gasteiger partial charge in [0, 0.05) is 7.05 Å². The number of aromatic nitrogens is 2. The second-order valence-electron chi connectivity index (χ2n) is 5.04. The summed E-state index contributed by atoms with van der Waals surface area (Å²) >= 11 is 0. The monoisotopic (exact) mass is 304 g/mol. The first-order valence-corrected chi connectivity index (χ1v) is 6.54. The SMILES string of the molecule is CN1Cc2c(CC(=O)NO)ncn2-c2ccc(F)cc2C1=O. The highest BCUT2D eigenvalue weighted by molar-refractivity contribution is 5.98. The van der Waals surface area contributed by atoms with Crippen molar-refractivity contribution in [2.45, 2.75) is 13.0 Å². The lowest BCUT2D eigenvalue weighted by atomic mass is 10.1. The summed E-state index contributed by atoms with van der Waals surface area (Å²) in [6.07, 6.45) is 1.37. The van der Waals surface area contributed by atoms with Crippen molar-refractivity contribution in [3.05, 3.63) is 47.3 Å². The summed E-state index contributed by atoms with van der Waals surface area (Å²) in [6, 6.07) is 3.95. The molecule has 0 saturated heterocycles. The van der Waals surface area contributed by atoms with Crippen LogP contribution < -0.4 is 5.48 Å².